The zero-order chi connectivity index (χ0) is 19.3. The second-order valence-corrected chi connectivity index (χ2v) is 6.99. The lowest BCUT2D eigenvalue weighted by Crippen LogP contribution is -2.39. The zero-order valence-electron chi connectivity index (χ0n) is 15.3. The van der Waals surface area contributed by atoms with E-state index >= 15 is 0 Å². The van der Waals surface area contributed by atoms with E-state index in [1.807, 2.05) is 50.2 Å². The van der Waals surface area contributed by atoms with Crippen LogP contribution < -0.4 is 9.91 Å². The van der Waals surface area contributed by atoms with Gasteiger partial charge in [0.1, 0.15) is 17.7 Å². The SMILES string of the molecule is CC(=O)C1=NN(c2ccc(C)cc2)[C@H]2C(=O)N(c3ccc(C)cc3)C(=O)[C@@H]12. The van der Waals surface area contributed by atoms with Crippen molar-refractivity contribution in [1.29, 1.82) is 0 Å². The number of rotatable bonds is 3. The van der Waals surface area contributed by atoms with Crippen molar-refractivity contribution >= 4 is 34.7 Å². The number of imide groups is 1. The Morgan fingerprint density at radius 3 is 1.89 bits per heavy atom. The molecule has 2 heterocycles. The smallest absolute Gasteiger partial charge is 0.259 e. The third-order valence-electron chi connectivity index (χ3n) is 5.00. The molecule has 0 aromatic heterocycles. The van der Waals surface area contributed by atoms with Gasteiger partial charge in [-0.1, -0.05) is 35.4 Å². The van der Waals surface area contributed by atoms with E-state index in [1.54, 1.807) is 12.1 Å². The molecule has 2 aromatic carbocycles. The van der Waals surface area contributed by atoms with Gasteiger partial charge in [-0.05, 0) is 38.1 Å². The predicted octanol–water partition coefficient (Wildman–Crippen LogP) is 2.63. The lowest BCUT2D eigenvalue weighted by atomic mass is 9.95. The molecule has 0 saturated carbocycles. The van der Waals surface area contributed by atoms with Gasteiger partial charge in [0.15, 0.2) is 5.78 Å². The lowest BCUT2D eigenvalue weighted by Gasteiger charge is -2.22. The van der Waals surface area contributed by atoms with Crippen LogP contribution >= 0.6 is 0 Å². The highest BCUT2D eigenvalue weighted by Gasteiger charge is 2.58. The van der Waals surface area contributed by atoms with Gasteiger partial charge in [-0.25, -0.2) is 4.90 Å². The maximum Gasteiger partial charge on any atom is 0.259 e. The summed E-state index contributed by atoms with van der Waals surface area (Å²) in [7, 11) is 0. The molecule has 2 aliphatic rings. The molecule has 4 rings (SSSR count). The Bertz CT molecular complexity index is 977. The highest BCUT2D eigenvalue weighted by Crippen LogP contribution is 2.37. The molecule has 0 radical (unpaired) electrons. The van der Waals surface area contributed by atoms with E-state index in [0.29, 0.717) is 11.4 Å². The van der Waals surface area contributed by atoms with Crippen LogP contribution in [0.15, 0.2) is 53.6 Å². The van der Waals surface area contributed by atoms with E-state index in [4.69, 9.17) is 0 Å². The molecule has 2 aliphatic heterocycles. The summed E-state index contributed by atoms with van der Waals surface area (Å²) in [6.07, 6.45) is 0. The number of carbonyl (C=O) groups excluding carboxylic acids is 3. The van der Waals surface area contributed by atoms with E-state index < -0.39 is 17.9 Å². The fraction of sp³-hybridized carbons (Fsp3) is 0.238. The molecule has 2 amide bonds. The normalized spacial score (nSPS) is 21.5. The highest BCUT2D eigenvalue weighted by atomic mass is 16.2. The maximum absolute atomic E-state index is 13.2. The van der Waals surface area contributed by atoms with Gasteiger partial charge in [0.2, 0.25) is 5.91 Å². The molecule has 27 heavy (non-hydrogen) atoms. The van der Waals surface area contributed by atoms with Crippen LogP contribution in [0.25, 0.3) is 0 Å². The molecule has 6 heteroatoms. The molecule has 2 aromatic rings. The topological polar surface area (TPSA) is 70.1 Å². The summed E-state index contributed by atoms with van der Waals surface area (Å²) >= 11 is 0. The summed E-state index contributed by atoms with van der Waals surface area (Å²) in [6, 6.07) is 13.8. The average molecular weight is 361 g/mol. The second-order valence-electron chi connectivity index (χ2n) is 6.99. The summed E-state index contributed by atoms with van der Waals surface area (Å²) in [5.41, 5.74) is 3.43. The van der Waals surface area contributed by atoms with Crippen molar-refractivity contribution in [3.05, 3.63) is 59.7 Å². The van der Waals surface area contributed by atoms with Crippen LogP contribution in [0.4, 0.5) is 11.4 Å². The van der Waals surface area contributed by atoms with Gasteiger partial charge in [-0.2, -0.15) is 5.10 Å². The van der Waals surface area contributed by atoms with Crippen LogP contribution in [-0.2, 0) is 14.4 Å². The molecule has 0 spiro atoms. The first-order valence-corrected chi connectivity index (χ1v) is 8.78. The number of hydrogen-bond donors (Lipinski definition) is 0. The van der Waals surface area contributed by atoms with Crippen molar-refractivity contribution in [2.24, 2.45) is 11.0 Å². The number of Topliss-reactive ketones (excluding diaryl/α,β-unsaturated/α-hetero) is 1. The summed E-state index contributed by atoms with van der Waals surface area (Å²) in [4.78, 5) is 39.5. The number of hydrazone groups is 1. The molecule has 2 atom stereocenters. The number of nitrogens with zero attached hydrogens (tertiary/aromatic N) is 3. The molecule has 0 unspecified atom stereocenters. The molecule has 1 saturated heterocycles. The van der Waals surface area contributed by atoms with Gasteiger partial charge in [0, 0.05) is 6.92 Å². The van der Waals surface area contributed by atoms with Gasteiger partial charge in [-0.15, -0.1) is 0 Å². The first kappa shape index (κ1) is 17.1. The molecule has 0 aliphatic carbocycles. The van der Waals surface area contributed by atoms with Crippen LogP contribution in [-0.4, -0.2) is 29.4 Å². The fourth-order valence-electron chi connectivity index (χ4n) is 3.56. The van der Waals surface area contributed by atoms with E-state index in [2.05, 4.69) is 5.10 Å². The second kappa shape index (κ2) is 6.16. The van der Waals surface area contributed by atoms with Crippen molar-refractivity contribution in [3.8, 4) is 0 Å². The number of ketones is 1. The van der Waals surface area contributed by atoms with Crippen LogP contribution in [0.5, 0.6) is 0 Å². The molecule has 0 N–H and O–H groups in total. The molecule has 0 bridgehead atoms. The number of amides is 2. The Morgan fingerprint density at radius 2 is 1.37 bits per heavy atom. The van der Waals surface area contributed by atoms with E-state index in [0.717, 1.165) is 11.1 Å². The number of benzene rings is 2. The Kier molecular flexibility index (Phi) is 3.91. The van der Waals surface area contributed by atoms with Crippen LogP contribution in [0, 0.1) is 19.8 Å². The summed E-state index contributed by atoms with van der Waals surface area (Å²) in [5.74, 6) is -1.95. The number of hydrogen-bond acceptors (Lipinski definition) is 5. The van der Waals surface area contributed by atoms with Crippen LogP contribution in [0.3, 0.4) is 0 Å². The van der Waals surface area contributed by atoms with Gasteiger partial charge in [0.05, 0.1) is 11.4 Å². The van der Waals surface area contributed by atoms with Gasteiger partial charge < -0.3 is 0 Å². The molecular weight excluding hydrogens is 342 g/mol. The van der Waals surface area contributed by atoms with Crippen molar-refractivity contribution in [2.75, 3.05) is 9.91 Å². The Labute approximate surface area is 157 Å². The molecule has 1 fully saturated rings. The third kappa shape index (κ3) is 2.65. The lowest BCUT2D eigenvalue weighted by molar-refractivity contribution is -0.122. The van der Waals surface area contributed by atoms with Gasteiger partial charge in [0.25, 0.3) is 5.91 Å². The standard InChI is InChI=1S/C21H19N3O3/c1-12-4-8-15(9-5-12)23-20(26)17-18(14(3)25)22-24(19(17)21(23)27)16-10-6-13(2)7-11-16/h4-11,17,19H,1-3H3/t17-,19+/m0/s1. The molecule has 6 nitrogen and oxygen atoms in total. The zero-order valence-corrected chi connectivity index (χ0v) is 15.3. The van der Waals surface area contributed by atoms with Gasteiger partial charge >= 0.3 is 0 Å². The maximum atomic E-state index is 13.2. The van der Waals surface area contributed by atoms with Crippen LogP contribution in [0.2, 0.25) is 0 Å². The van der Waals surface area contributed by atoms with Gasteiger partial charge in [-0.3, -0.25) is 19.4 Å². The number of aryl methyl sites for hydroxylation is 2. The van der Waals surface area contributed by atoms with Crippen molar-refractivity contribution < 1.29 is 14.4 Å². The summed E-state index contributed by atoms with van der Waals surface area (Å²) in [6.45, 7) is 5.27. The van der Waals surface area contributed by atoms with E-state index in [1.165, 1.54) is 16.8 Å². The number of fused-ring (bicyclic) bond motifs is 1. The van der Waals surface area contributed by atoms with E-state index in [9.17, 15) is 14.4 Å². The van der Waals surface area contributed by atoms with Crippen molar-refractivity contribution in [3.63, 3.8) is 0 Å². The van der Waals surface area contributed by atoms with E-state index in [-0.39, 0.29) is 17.4 Å². The quantitative estimate of drug-likeness (QED) is 0.788. The largest absolute Gasteiger partial charge is 0.293 e. The highest BCUT2D eigenvalue weighted by molar-refractivity contribution is 6.48. The molecular formula is C21H19N3O3. The number of carbonyl (C=O) groups is 3. The minimum Gasteiger partial charge on any atom is -0.293 e. The Hall–Kier alpha value is -3.28. The minimum atomic E-state index is -0.877. The number of anilines is 2. The monoisotopic (exact) mass is 361 g/mol. The summed E-state index contributed by atoms with van der Waals surface area (Å²) < 4.78 is 0. The Morgan fingerprint density at radius 1 is 0.852 bits per heavy atom. The molecule has 136 valence electrons. The third-order valence-corrected chi connectivity index (χ3v) is 5.00. The minimum absolute atomic E-state index is 0.133. The predicted molar refractivity (Wildman–Crippen MR) is 103 cm³/mol. The first-order chi connectivity index (χ1) is 12.9. The Balaban J connectivity index is 1.79. The fourth-order valence-corrected chi connectivity index (χ4v) is 3.56. The first-order valence-electron chi connectivity index (χ1n) is 8.78. The van der Waals surface area contributed by atoms with Crippen LogP contribution in [0.1, 0.15) is 18.1 Å². The summed E-state index contributed by atoms with van der Waals surface area (Å²) in [5, 5.41) is 5.86. The van der Waals surface area contributed by atoms with Crippen molar-refractivity contribution in [1.82, 2.24) is 0 Å². The van der Waals surface area contributed by atoms with Crippen molar-refractivity contribution in [2.45, 2.75) is 26.8 Å². The average Bonchev–Trinajstić information content (AvgIpc) is 3.15.